The van der Waals surface area contributed by atoms with Gasteiger partial charge in [0, 0.05) is 18.2 Å². The van der Waals surface area contributed by atoms with Crippen LogP contribution in [0.4, 0.5) is 9.59 Å². The average Bonchev–Trinajstić information content (AvgIpc) is 3.75. The van der Waals surface area contributed by atoms with E-state index >= 15 is 0 Å². The van der Waals surface area contributed by atoms with Gasteiger partial charge >= 0.3 is 18.2 Å². The molecule has 2 N–H and O–H groups in total. The molecule has 3 aliphatic rings. The van der Waals surface area contributed by atoms with Crippen molar-refractivity contribution in [3.63, 3.8) is 0 Å². The number of carbonyl (C=O) groups excluding carboxylic acids is 2. The van der Waals surface area contributed by atoms with E-state index in [-0.39, 0.29) is 36.9 Å². The zero-order chi connectivity index (χ0) is 32.1. The van der Waals surface area contributed by atoms with E-state index in [1.54, 1.807) is 11.8 Å². The highest BCUT2D eigenvalue weighted by Gasteiger charge is 2.56. The van der Waals surface area contributed by atoms with Crippen molar-refractivity contribution in [3.8, 4) is 11.1 Å². The molecule has 3 aromatic rings. The Bertz CT molecular complexity index is 1580. The highest BCUT2D eigenvalue weighted by Crippen LogP contribution is 2.48. The van der Waals surface area contributed by atoms with Crippen LogP contribution < -0.4 is 0 Å². The van der Waals surface area contributed by atoms with Crippen LogP contribution in [0.3, 0.4) is 0 Å². The largest absolute Gasteiger partial charge is 0.477 e. The zero-order valence-corrected chi connectivity index (χ0v) is 26.8. The second-order valence-corrected chi connectivity index (χ2v) is 13.7. The number of benzene rings is 2. The van der Waals surface area contributed by atoms with E-state index in [1.165, 1.54) is 0 Å². The van der Waals surface area contributed by atoms with Crippen LogP contribution in [0.2, 0.25) is 0 Å². The van der Waals surface area contributed by atoms with Gasteiger partial charge in [-0.05, 0) is 87.3 Å². The van der Waals surface area contributed by atoms with Crippen molar-refractivity contribution in [2.75, 3.05) is 13.2 Å². The number of amides is 2. The average molecular weight is 614 g/mol. The van der Waals surface area contributed by atoms with Crippen LogP contribution >= 0.6 is 0 Å². The number of hydrogen-bond donors (Lipinski definition) is 2. The lowest BCUT2D eigenvalue weighted by Crippen LogP contribution is -2.58. The molecule has 1 aliphatic heterocycles. The third-order valence-corrected chi connectivity index (χ3v) is 9.95. The van der Waals surface area contributed by atoms with Crippen LogP contribution in [0.5, 0.6) is 0 Å². The van der Waals surface area contributed by atoms with Gasteiger partial charge in [0.2, 0.25) is 0 Å². The van der Waals surface area contributed by atoms with E-state index < -0.39 is 23.2 Å². The summed E-state index contributed by atoms with van der Waals surface area (Å²) < 4.78 is 12.1. The number of aromatic amines is 1. The number of carbonyl (C=O) groups is 3. The highest BCUT2D eigenvalue weighted by molar-refractivity contribution is 5.88. The summed E-state index contributed by atoms with van der Waals surface area (Å²) in [6, 6.07) is 16.1. The molecule has 2 amide bonds. The van der Waals surface area contributed by atoms with E-state index in [1.807, 2.05) is 56.9 Å². The molecule has 2 fully saturated rings. The molecule has 2 aromatic carbocycles. The maximum atomic E-state index is 14.4. The standard InChI is InChI=1S/C36H43N3O6/c1-22-28(23(2)37-31(22)32(40)41)20-38(30-16-19-39(34(43)45-35(3,4)5)36(30)17-10-11-18-36)33(42)44-21-29-26-14-8-6-12-24(26)25-13-7-9-15-27(25)29/h6-9,12-15,29-30,37H,10-11,16-21H2,1-5H3,(H,40,41). The number of nitrogens with one attached hydrogen (secondary N) is 1. The van der Waals surface area contributed by atoms with Crippen LogP contribution in [-0.2, 0) is 16.0 Å². The molecule has 2 heterocycles. The zero-order valence-electron chi connectivity index (χ0n) is 26.8. The number of hydrogen-bond acceptors (Lipinski definition) is 5. The summed E-state index contributed by atoms with van der Waals surface area (Å²) in [5, 5.41) is 9.79. The van der Waals surface area contributed by atoms with Gasteiger partial charge in [-0.3, -0.25) is 4.90 Å². The molecule has 238 valence electrons. The summed E-state index contributed by atoms with van der Waals surface area (Å²) in [4.78, 5) is 46.5. The molecular formula is C36H43N3O6. The van der Waals surface area contributed by atoms with Gasteiger partial charge in [-0.15, -0.1) is 0 Å². The van der Waals surface area contributed by atoms with E-state index in [0.29, 0.717) is 24.2 Å². The Labute approximate surface area is 264 Å². The molecule has 1 saturated heterocycles. The maximum Gasteiger partial charge on any atom is 0.410 e. The van der Waals surface area contributed by atoms with Crippen LogP contribution in [-0.4, -0.2) is 68.4 Å². The van der Waals surface area contributed by atoms with E-state index in [9.17, 15) is 19.5 Å². The molecule has 1 aromatic heterocycles. The first-order valence-electron chi connectivity index (χ1n) is 15.9. The topological polar surface area (TPSA) is 112 Å². The van der Waals surface area contributed by atoms with Gasteiger partial charge in [-0.2, -0.15) is 0 Å². The lowest BCUT2D eigenvalue weighted by molar-refractivity contribution is -0.00598. The predicted molar refractivity (Wildman–Crippen MR) is 170 cm³/mol. The fourth-order valence-corrected chi connectivity index (χ4v) is 7.94. The fourth-order valence-electron chi connectivity index (χ4n) is 7.94. The Kier molecular flexibility index (Phi) is 7.91. The third kappa shape index (κ3) is 5.47. The Morgan fingerprint density at radius 2 is 1.60 bits per heavy atom. The summed E-state index contributed by atoms with van der Waals surface area (Å²) in [5.74, 6) is -1.14. The van der Waals surface area contributed by atoms with Crippen molar-refractivity contribution in [1.29, 1.82) is 0 Å². The Morgan fingerprint density at radius 3 is 2.16 bits per heavy atom. The monoisotopic (exact) mass is 613 g/mol. The van der Waals surface area contributed by atoms with Crippen LogP contribution in [0.25, 0.3) is 11.1 Å². The number of rotatable bonds is 6. The first-order valence-corrected chi connectivity index (χ1v) is 15.9. The number of nitrogens with zero attached hydrogens (tertiary/aromatic N) is 2. The first kappa shape index (κ1) is 30.7. The maximum absolute atomic E-state index is 14.4. The van der Waals surface area contributed by atoms with Gasteiger partial charge in [0.1, 0.15) is 17.9 Å². The van der Waals surface area contributed by atoms with E-state index in [4.69, 9.17) is 9.47 Å². The van der Waals surface area contributed by atoms with Crippen molar-refractivity contribution in [1.82, 2.24) is 14.8 Å². The SMILES string of the molecule is Cc1[nH]c(C(=O)O)c(C)c1CN(C(=O)OCC1c2ccccc2-c2ccccc21)C1CCN(C(=O)OC(C)(C)C)C12CCCC2. The smallest absolute Gasteiger partial charge is 0.410 e. The molecule has 1 unspecified atom stereocenters. The molecule has 0 radical (unpaired) electrons. The number of aromatic nitrogens is 1. The normalized spacial score (nSPS) is 18.6. The van der Waals surface area contributed by atoms with Crippen molar-refractivity contribution in [2.24, 2.45) is 0 Å². The quantitative estimate of drug-likeness (QED) is 0.300. The van der Waals surface area contributed by atoms with Gasteiger partial charge < -0.3 is 24.5 Å². The van der Waals surface area contributed by atoms with Crippen molar-refractivity contribution in [3.05, 3.63) is 82.2 Å². The number of ether oxygens (including phenoxy) is 2. The van der Waals surface area contributed by atoms with Crippen LogP contribution in [0, 0.1) is 13.8 Å². The van der Waals surface area contributed by atoms with Gasteiger partial charge in [-0.25, -0.2) is 14.4 Å². The minimum absolute atomic E-state index is 0.0974. The number of carboxylic acid groups (broad SMARTS) is 1. The summed E-state index contributed by atoms with van der Waals surface area (Å²) in [7, 11) is 0. The first-order chi connectivity index (χ1) is 21.4. The minimum Gasteiger partial charge on any atom is -0.477 e. The lowest BCUT2D eigenvalue weighted by Gasteiger charge is -2.43. The summed E-state index contributed by atoms with van der Waals surface area (Å²) >= 11 is 0. The molecule has 6 rings (SSSR count). The minimum atomic E-state index is -1.04. The number of fused-ring (bicyclic) bond motifs is 3. The summed E-state index contributed by atoms with van der Waals surface area (Å²) in [5.41, 5.74) is 5.51. The molecule has 2 aliphatic carbocycles. The fraction of sp³-hybridized carbons (Fsp3) is 0.472. The number of aromatic carboxylic acids is 1. The van der Waals surface area contributed by atoms with Crippen LogP contribution in [0.15, 0.2) is 48.5 Å². The molecule has 1 spiro atoms. The van der Waals surface area contributed by atoms with Gasteiger partial charge in [0.25, 0.3) is 0 Å². The lowest BCUT2D eigenvalue weighted by atomic mass is 9.87. The van der Waals surface area contributed by atoms with Crippen molar-refractivity contribution < 1.29 is 29.0 Å². The van der Waals surface area contributed by atoms with Gasteiger partial charge in [0.15, 0.2) is 0 Å². The molecule has 45 heavy (non-hydrogen) atoms. The van der Waals surface area contributed by atoms with Crippen molar-refractivity contribution >= 4 is 18.2 Å². The molecule has 0 bridgehead atoms. The Hall–Kier alpha value is -4.27. The van der Waals surface area contributed by atoms with E-state index in [0.717, 1.165) is 53.5 Å². The number of aryl methyl sites for hydroxylation is 1. The molecular weight excluding hydrogens is 570 g/mol. The predicted octanol–water partition coefficient (Wildman–Crippen LogP) is 7.40. The Balaban J connectivity index is 1.34. The third-order valence-electron chi connectivity index (χ3n) is 9.95. The van der Waals surface area contributed by atoms with Crippen LogP contribution in [0.1, 0.15) is 97.2 Å². The molecule has 1 atom stereocenters. The summed E-state index contributed by atoms with van der Waals surface area (Å²) in [6.45, 7) is 10.00. The molecule has 1 saturated carbocycles. The molecule has 9 nitrogen and oxygen atoms in total. The van der Waals surface area contributed by atoms with Crippen molar-refractivity contribution in [2.45, 2.75) is 96.4 Å². The number of carboxylic acids is 1. The molecule has 9 heteroatoms. The van der Waals surface area contributed by atoms with Gasteiger partial charge in [-0.1, -0.05) is 61.4 Å². The highest BCUT2D eigenvalue weighted by atomic mass is 16.6. The second kappa shape index (κ2) is 11.6. The summed E-state index contributed by atoms with van der Waals surface area (Å²) in [6.07, 6.45) is 3.17. The van der Waals surface area contributed by atoms with Gasteiger partial charge in [0.05, 0.1) is 18.1 Å². The number of H-pyrrole nitrogens is 1. The second-order valence-electron chi connectivity index (χ2n) is 13.7. The van der Waals surface area contributed by atoms with E-state index in [2.05, 4.69) is 29.2 Å². The Morgan fingerprint density at radius 1 is 1.00 bits per heavy atom. The number of likely N-dealkylation sites (tertiary alicyclic amines) is 1.